The van der Waals surface area contributed by atoms with Crippen LogP contribution in [0.2, 0.25) is 0 Å². The Labute approximate surface area is 134 Å². The summed E-state index contributed by atoms with van der Waals surface area (Å²) in [4.78, 5) is 13.3. The molecule has 0 radical (unpaired) electrons. The lowest BCUT2D eigenvalue weighted by Gasteiger charge is -2.08. The van der Waals surface area contributed by atoms with Crippen molar-refractivity contribution in [3.8, 4) is 0 Å². The molecule has 2 aliphatic carbocycles. The average Bonchev–Trinajstić information content (AvgIpc) is 2.48. The molecule has 4 nitrogen and oxygen atoms in total. The Morgan fingerprint density at radius 3 is 1.91 bits per heavy atom. The van der Waals surface area contributed by atoms with Gasteiger partial charge in [0, 0.05) is 17.0 Å². The van der Waals surface area contributed by atoms with Crippen molar-refractivity contribution in [3.05, 3.63) is 69.1 Å². The summed E-state index contributed by atoms with van der Waals surface area (Å²) in [5.74, 6) is 1.04. The molecule has 0 saturated heterocycles. The van der Waals surface area contributed by atoms with E-state index in [9.17, 15) is 10.1 Å². The van der Waals surface area contributed by atoms with E-state index in [1.165, 1.54) is 10.4 Å². The third-order valence-electron chi connectivity index (χ3n) is 3.28. The van der Waals surface area contributed by atoms with Crippen molar-refractivity contribution in [2.75, 3.05) is 26.4 Å². The Bertz CT molecular complexity index is 664. The molecule has 0 bridgehead atoms. The smallest absolute Gasteiger partial charge is 0.269 e. The lowest BCUT2D eigenvalue weighted by Crippen LogP contribution is -2.13. The minimum absolute atomic E-state index is 0.151. The number of benzene rings is 2. The highest BCUT2D eigenvalue weighted by Gasteiger charge is 2.03. The third kappa shape index (κ3) is 4.86. The average molecular weight is 316 g/mol. The maximum atomic E-state index is 10.4. The van der Waals surface area contributed by atoms with E-state index in [1.807, 2.05) is 0 Å². The van der Waals surface area contributed by atoms with Crippen LogP contribution in [-0.2, 0) is 0 Å². The van der Waals surface area contributed by atoms with Crippen molar-refractivity contribution in [1.29, 1.82) is 0 Å². The molecular weight excluding hydrogens is 296 g/mol. The Morgan fingerprint density at radius 2 is 1.55 bits per heavy atom. The summed E-state index contributed by atoms with van der Waals surface area (Å²) in [5.41, 5.74) is 0.151. The Hall–Kier alpha value is -1.85. The van der Waals surface area contributed by atoms with Crippen LogP contribution in [0.1, 0.15) is 6.42 Å². The monoisotopic (exact) mass is 316 g/mol. The number of nitro groups is 1. The molecule has 1 aromatic carbocycles. The fourth-order valence-corrected chi connectivity index (χ4v) is 2.74. The maximum absolute atomic E-state index is 10.4. The molecule has 0 N–H and O–H groups in total. The highest BCUT2D eigenvalue weighted by Crippen LogP contribution is 2.21. The van der Waals surface area contributed by atoms with Crippen LogP contribution in [0.15, 0.2) is 53.4 Å². The summed E-state index contributed by atoms with van der Waals surface area (Å²) in [6.45, 7) is 1.07. The fraction of sp³-hybridized carbons (Fsp3) is 0.294. The molecule has 0 saturated carbocycles. The number of rotatable bonds is 6. The zero-order valence-electron chi connectivity index (χ0n) is 12.9. The Balaban J connectivity index is 0.000000238. The van der Waals surface area contributed by atoms with Crippen LogP contribution in [0.25, 0.3) is 0 Å². The van der Waals surface area contributed by atoms with E-state index in [-0.39, 0.29) is 10.6 Å². The van der Waals surface area contributed by atoms with Crippen LogP contribution in [-0.4, -0.2) is 36.2 Å². The Morgan fingerprint density at radius 1 is 1.00 bits per heavy atom. The summed E-state index contributed by atoms with van der Waals surface area (Å²) in [6, 6.07) is 15.2. The first-order valence-electron chi connectivity index (χ1n) is 7.18. The highest BCUT2D eigenvalue weighted by atomic mass is 32.2. The van der Waals surface area contributed by atoms with Crippen molar-refractivity contribution in [1.82, 2.24) is 4.90 Å². The van der Waals surface area contributed by atoms with Crippen LogP contribution < -0.4 is 0 Å². The molecule has 116 valence electrons. The normalized spacial score (nSPS) is 10.9. The topological polar surface area (TPSA) is 46.4 Å². The zero-order chi connectivity index (χ0) is 15.9. The number of hydrogen-bond acceptors (Lipinski definition) is 4. The van der Waals surface area contributed by atoms with E-state index in [2.05, 4.69) is 43.3 Å². The van der Waals surface area contributed by atoms with Gasteiger partial charge in [-0.2, -0.15) is 0 Å². The molecule has 0 amide bonds. The van der Waals surface area contributed by atoms with Gasteiger partial charge in [0.1, 0.15) is 0 Å². The number of nitro benzene ring substituents is 1. The molecular formula is C17H20N2O2S. The van der Waals surface area contributed by atoms with Gasteiger partial charge in [-0.25, -0.2) is 0 Å². The van der Waals surface area contributed by atoms with Crippen LogP contribution in [0.4, 0.5) is 5.69 Å². The lowest BCUT2D eigenvalue weighted by molar-refractivity contribution is -0.384. The molecule has 0 aromatic heterocycles. The molecule has 5 heteroatoms. The molecule has 3 rings (SSSR count). The highest BCUT2D eigenvalue weighted by molar-refractivity contribution is 7.99. The first kappa shape index (κ1) is 16.5. The van der Waals surface area contributed by atoms with Crippen molar-refractivity contribution in [3.63, 3.8) is 0 Å². The number of non-ortho nitro benzene ring substituents is 1. The molecule has 0 aliphatic heterocycles. The number of nitrogens with zero attached hydrogens (tertiary/aromatic N) is 2. The SMILES string of the molecule is CN(C)CCCSc1ccc([N+](=O)[O-])cc1.c1cc2ccc1=2. The molecule has 0 unspecified atom stereocenters. The van der Waals surface area contributed by atoms with Crippen LogP contribution in [0.3, 0.4) is 0 Å². The second-order valence-electron chi connectivity index (χ2n) is 5.33. The summed E-state index contributed by atoms with van der Waals surface area (Å²) in [5, 5.41) is 13.3. The van der Waals surface area contributed by atoms with E-state index in [0.717, 1.165) is 23.6 Å². The molecule has 22 heavy (non-hydrogen) atoms. The molecule has 0 atom stereocenters. The zero-order valence-corrected chi connectivity index (χ0v) is 13.7. The standard InChI is InChI=1S/C11H16N2O2S.C6H4/c1-12(2)8-3-9-16-11-6-4-10(5-7-11)13(14)15;1-2-6-4-3-5(1)6/h4-7H,3,8-9H2,1-2H3;1-4H. The van der Waals surface area contributed by atoms with E-state index >= 15 is 0 Å². The number of hydrogen-bond donors (Lipinski definition) is 0. The number of thioether (sulfide) groups is 1. The lowest BCUT2D eigenvalue weighted by atomic mass is 10.1. The Kier molecular flexibility index (Phi) is 5.98. The van der Waals surface area contributed by atoms with E-state index in [4.69, 9.17) is 0 Å². The largest absolute Gasteiger partial charge is 0.309 e. The molecule has 1 aromatic rings. The van der Waals surface area contributed by atoms with Crippen molar-refractivity contribution < 1.29 is 4.92 Å². The van der Waals surface area contributed by atoms with Crippen molar-refractivity contribution in [2.24, 2.45) is 0 Å². The summed E-state index contributed by atoms with van der Waals surface area (Å²) >= 11 is 1.73. The van der Waals surface area contributed by atoms with Gasteiger partial charge in [-0.15, -0.1) is 11.8 Å². The molecule has 2 aliphatic rings. The predicted molar refractivity (Wildman–Crippen MR) is 91.1 cm³/mol. The van der Waals surface area contributed by atoms with Gasteiger partial charge in [-0.1, -0.05) is 24.3 Å². The first-order chi connectivity index (χ1) is 10.6. The molecule has 0 spiro atoms. The third-order valence-corrected chi connectivity index (χ3v) is 4.38. The van der Waals surface area contributed by atoms with Crippen LogP contribution in [0, 0.1) is 20.6 Å². The van der Waals surface area contributed by atoms with E-state index < -0.39 is 0 Å². The van der Waals surface area contributed by atoms with Gasteiger partial charge in [-0.05, 0) is 55.4 Å². The minimum Gasteiger partial charge on any atom is -0.309 e. The van der Waals surface area contributed by atoms with Gasteiger partial charge in [0.05, 0.1) is 4.92 Å². The fourth-order valence-electron chi connectivity index (χ4n) is 1.90. The molecule has 0 fully saturated rings. The maximum Gasteiger partial charge on any atom is 0.269 e. The van der Waals surface area contributed by atoms with E-state index in [1.54, 1.807) is 36.0 Å². The van der Waals surface area contributed by atoms with Gasteiger partial charge in [0.25, 0.3) is 5.69 Å². The first-order valence-corrected chi connectivity index (χ1v) is 8.17. The van der Waals surface area contributed by atoms with Crippen LogP contribution in [0.5, 0.6) is 0 Å². The van der Waals surface area contributed by atoms with Gasteiger partial charge < -0.3 is 4.90 Å². The van der Waals surface area contributed by atoms with Crippen molar-refractivity contribution in [2.45, 2.75) is 11.3 Å². The van der Waals surface area contributed by atoms with Gasteiger partial charge in [0.2, 0.25) is 0 Å². The van der Waals surface area contributed by atoms with Gasteiger partial charge in [-0.3, -0.25) is 10.1 Å². The summed E-state index contributed by atoms with van der Waals surface area (Å²) in [7, 11) is 4.10. The van der Waals surface area contributed by atoms with E-state index in [0.29, 0.717) is 0 Å². The quantitative estimate of drug-likeness (QED) is 0.299. The van der Waals surface area contributed by atoms with Gasteiger partial charge in [0.15, 0.2) is 0 Å². The van der Waals surface area contributed by atoms with Crippen LogP contribution >= 0.6 is 11.8 Å². The minimum atomic E-state index is -0.375. The van der Waals surface area contributed by atoms with Gasteiger partial charge >= 0.3 is 0 Å². The van der Waals surface area contributed by atoms with Crippen molar-refractivity contribution >= 4 is 17.4 Å². The molecule has 0 heterocycles. The summed E-state index contributed by atoms with van der Waals surface area (Å²) < 4.78 is 0. The predicted octanol–water partition coefficient (Wildman–Crippen LogP) is 3.93. The summed E-state index contributed by atoms with van der Waals surface area (Å²) in [6.07, 6.45) is 1.12. The second-order valence-corrected chi connectivity index (χ2v) is 6.50. The second kappa shape index (κ2) is 7.96.